The minimum atomic E-state index is -5.67. The zero-order valence-electron chi connectivity index (χ0n) is 15.8. The number of benzene rings is 3. The van der Waals surface area contributed by atoms with Crippen LogP contribution in [0.25, 0.3) is 0 Å². The number of halogens is 5. The van der Waals surface area contributed by atoms with Crippen LogP contribution >= 0.6 is 0 Å². The van der Waals surface area contributed by atoms with Crippen molar-refractivity contribution in [3.8, 4) is 23.0 Å². The molecule has 8 nitrogen and oxygen atoms in total. The van der Waals surface area contributed by atoms with Gasteiger partial charge in [-0.2, -0.15) is 21.6 Å². The zero-order chi connectivity index (χ0) is 24.6. The maximum absolute atomic E-state index is 14.8. The Labute approximate surface area is 181 Å². The fourth-order valence-electron chi connectivity index (χ4n) is 2.65. The van der Waals surface area contributed by atoms with Crippen LogP contribution in [0.15, 0.2) is 59.5 Å². The third-order valence-corrected chi connectivity index (χ3v) is 4.91. The molecule has 0 aliphatic rings. The third-order valence-electron chi connectivity index (χ3n) is 4.02. The molecular weight excluding hydrogens is 481 g/mol. The van der Waals surface area contributed by atoms with Crippen molar-refractivity contribution in [3.05, 3.63) is 81.9 Å². The number of non-ortho nitro benzene ring substituents is 1. The molecule has 0 saturated carbocycles. The van der Waals surface area contributed by atoms with E-state index in [0.29, 0.717) is 0 Å². The molecule has 0 aromatic heterocycles. The lowest BCUT2D eigenvalue weighted by atomic mass is 10.1. The van der Waals surface area contributed by atoms with Gasteiger partial charge in [-0.15, -0.1) is 0 Å². The number of alkyl halides is 3. The molecule has 0 unspecified atom stereocenters. The van der Waals surface area contributed by atoms with Crippen molar-refractivity contribution in [2.45, 2.75) is 11.1 Å². The third kappa shape index (κ3) is 5.01. The van der Waals surface area contributed by atoms with Crippen molar-refractivity contribution < 1.29 is 49.3 Å². The number of nitro groups is 1. The molecule has 14 heteroatoms. The normalized spacial score (nSPS) is 11.8. The van der Waals surface area contributed by atoms with Gasteiger partial charge in [0.1, 0.15) is 17.1 Å². The summed E-state index contributed by atoms with van der Waals surface area (Å²) in [4.78, 5) is 8.15. The van der Waals surface area contributed by atoms with Crippen LogP contribution in [0, 0.1) is 21.7 Å². The van der Waals surface area contributed by atoms with Crippen LogP contribution in [0.1, 0.15) is 5.56 Å². The molecule has 0 saturated heterocycles. The lowest BCUT2D eigenvalue weighted by Crippen LogP contribution is -2.17. The maximum atomic E-state index is 14.8. The van der Waals surface area contributed by atoms with Crippen molar-refractivity contribution in [3.63, 3.8) is 0 Å². The second kappa shape index (κ2) is 8.63. The lowest BCUT2D eigenvalue weighted by molar-refractivity contribution is -0.384. The monoisotopic (exact) mass is 491 g/mol. The minimum absolute atomic E-state index is 0.345. The Morgan fingerprint density at radius 3 is 1.70 bits per heavy atom. The van der Waals surface area contributed by atoms with Gasteiger partial charge in [-0.3, -0.25) is 14.7 Å². The Morgan fingerprint density at radius 2 is 1.30 bits per heavy atom. The van der Waals surface area contributed by atoms with Gasteiger partial charge in [-0.05, 0) is 24.3 Å². The number of para-hydroxylation sites is 1. The van der Waals surface area contributed by atoms with Crippen molar-refractivity contribution in [1.29, 1.82) is 0 Å². The Hall–Kier alpha value is -3.78. The highest BCUT2D eigenvalue weighted by Gasteiger charge is 2.45. The average Bonchev–Trinajstić information content (AvgIpc) is 2.71. The summed E-state index contributed by atoms with van der Waals surface area (Å²) in [7, 11) is -5.64. The molecule has 0 spiro atoms. The summed E-state index contributed by atoms with van der Waals surface area (Å²) < 4.78 is 113. The van der Waals surface area contributed by atoms with Crippen LogP contribution in [-0.4, -0.2) is 17.9 Å². The van der Waals surface area contributed by atoms with Gasteiger partial charge in [0.2, 0.25) is 0 Å². The van der Waals surface area contributed by atoms with Gasteiger partial charge in [-0.25, -0.2) is 8.78 Å². The van der Waals surface area contributed by atoms with E-state index < -0.39 is 66.2 Å². The quantitative estimate of drug-likeness (QED) is 0.203. The summed E-state index contributed by atoms with van der Waals surface area (Å²) in [6, 6.07) is 9.65. The van der Waals surface area contributed by atoms with Gasteiger partial charge < -0.3 is 9.47 Å². The molecule has 0 bridgehead atoms. The smallest absolute Gasteiger partial charge is 0.422 e. The number of nitrogens with zero attached hydrogens (tertiary/aromatic N) is 1. The van der Waals surface area contributed by atoms with E-state index in [0.717, 1.165) is 36.4 Å². The van der Waals surface area contributed by atoms with Gasteiger partial charge in [0.25, 0.3) is 5.69 Å². The van der Waals surface area contributed by atoms with Gasteiger partial charge in [0, 0.05) is 12.1 Å². The molecule has 0 fully saturated rings. The van der Waals surface area contributed by atoms with Gasteiger partial charge in [0.05, 0.1) is 4.92 Å². The molecule has 33 heavy (non-hydrogen) atoms. The van der Waals surface area contributed by atoms with Gasteiger partial charge >= 0.3 is 16.3 Å². The molecule has 0 amide bonds. The first-order valence-corrected chi connectivity index (χ1v) is 9.99. The van der Waals surface area contributed by atoms with E-state index in [1.54, 1.807) is 0 Å². The number of nitro benzene ring substituents is 1. The Balaban J connectivity index is 2.32. The first-order chi connectivity index (χ1) is 15.3. The van der Waals surface area contributed by atoms with E-state index in [9.17, 15) is 45.0 Å². The molecule has 0 atom stereocenters. The highest BCUT2D eigenvalue weighted by atomic mass is 32.2. The molecule has 0 aliphatic carbocycles. The lowest BCUT2D eigenvalue weighted by Gasteiger charge is -2.19. The van der Waals surface area contributed by atoms with E-state index in [2.05, 4.69) is 0 Å². The number of rotatable bonds is 6. The van der Waals surface area contributed by atoms with E-state index >= 15 is 0 Å². The van der Waals surface area contributed by atoms with E-state index in [-0.39, 0.29) is 5.75 Å². The highest BCUT2D eigenvalue weighted by molar-refractivity contribution is 7.86. The Bertz CT molecular complexity index is 1310. The summed E-state index contributed by atoms with van der Waals surface area (Å²) in [5.74, 6) is -9.25. The Morgan fingerprint density at radius 1 is 0.848 bits per heavy atom. The first-order valence-electron chi connectivity index (χ1n) is 8.55. The first kappa shape index (κ1) is 23.9. The average molecular weight is 491 g/mol. The molecule has 174 valence electrons. The molecule has 0 heterocycles. The summed E-state index contributed by atoms with van der Waals surface area (Å²) in [5.41, 5.74) is -3.02. The van der Waals surface area contributed by atoms with E-state index in [4.69, 9.17) is 9.47 Å². The van der Waals surface area contributed by atoms with Crippen LogP contribution in [0.5, 0.6) is 23.0 Å². The van der Waals surface area contributed by atoms with Crippen molar-refractivity contribution in [1.82, 2.24) is 0 Å². The summed E-state index contributed by atoms with van der Waals surface area (Å²) >= 11 is 0. The predicted octanol–water partition coefficient (Wildman–Crippen LogP) is 5.72. The van der Waals surface area contributed by atoms with Crippen LogP contribution in [0.2, 0.25) is 0 Å². The van der Waals surface area contributed by atoms with Crippen molar-refractivity contribution in [2.24, 2.45) is 0 Å². The second-order valence-corrected chi connectivity index (χ2v) is 7.59. The summed E-state index contributed by atoms with van der Waals surface area (Å²) in [6.45, 7) is 0. The fraction of sp³-hybridized carbons (Fsp3) is 0.0526. The molecule has 1 N–H and O–H groups in total. The molecule has 3 rings (SSSR count). The van der Waals surface area contributed by atoms with Crippen LogP contribution in [-0.2, 0) is 16.3 Å². The van der Waals surface area contributed by atoms with Gasteiger partial charge in [0.15, 0.2) is 28.0 Å². The van der Waals surface area contributed by atoms with Crippen LogP contribution in [0.3, 0.4) is 0 Å². The zero-order valence-corrected chi connectivity index (χ0v) is 16.7. The molecule has 0 aliphatic heterocycles. The number of hydrogen-bond donors (Lipinski definition) is 1. The van der Waals surface area contributed by atoms with Gasteiger partial charge in [-0.1, -0.05) is 18.2 Å². The largest absolute Gasteiger partial charge is 0.453 e. The summed E-state index contributed by atoms with van der Waals surface area (Å²) in [5, 5.41) is 10.7. The molecule has 3 aromatic carbocycles. The van der Waals surface area contributed by atoms with Crippen LogP contribution in [0.4, 0.5) is 27.6 Å². The maximum Gasteiger partial charge on any atom is 0.422 e. The number of hydrogen-bond acceptors (Lipinski definition) is 6. The SMILES string of the molecule is O=[N+]([O-])c1ccc(Oc2c(F)c(C(F)(F)F)c(F)c(Oc3ccccc3)c2S(=O)(=O)O)cc1. The summed E-state index contributed by atoms with van der Waals surface area (Å²) in [6.07, 6.45) is -5.67. The van der Waals surface area contributed by atoms with Crippen LogP contribution < -0.4 is 9.47 Å². The molecular formula is C19H10F5NO7S. The number of ether oxygens (including phenoxy) is 2. The standard InChI is InChI=1S/C19H10F5NO7S/c20-14-13(19(22,23)24)15(21)17(32-12-8-6-10(7-9-12)25(26)27)18(33(28,29)30)16(14)31-11-4-2-1-3-5-11/h1-9H,(H,28,29,30). The van der Waals surface area contributed by atoms with Crippen molar-refractivity contribution >= 4 is 15.8 Å². The fourth-order valence-corrected chi connectivity index (χ4v) is 3.38. The highest BCUT2D eigenvalue weighted by Crippen LogP contribution is 2.48. The van der Waals surface area contributed by atoms with Crippen molar-refractivity contribution in [2.75, 3.05) is 0 Å². The minimum Gasteiger partial charge on any atom is -0.453 e. The van der Waals surface area contributed by atoms with E-state index in [1.165, 1.54) is 18.2 Å². The molecule has 3 aromatic rings. The Kier molecular flexibility index (Phi) is 6.24. The topological polar surface area (TPSA) is 116 Å². The second-order valence-electron chi connectivity index (χ2n) is 6.23. The molecule has 0 radical (unpaired) electrons. The predicted molar refractivity (Wildman–Crippen MR) is 101 cm³/mol. The van der Waals surface area contributed by atoms with E-state index in [1.807, 2.05) is 0 Å².